The normalized spacial score (nSPS) is 12.3. The highest BCUT2D eigenvalue weighted by atomic mass is 16.7. The molecule has 6 heteroatoms. The molecular weight excluding hydrogens is 356 g/mol. The van der Waals surface area contributed by atoms with E-state index in [9.17, 15) is 10.1 Å². The zero-order valence-corrected chi connectivity index (χ0v) is 14.7. The van der Waals surface area contributed by atoms with Crippen LogP contribution in [-0.2, 0) is 0 Å². The molecule has 136 valence electrons. The maximum atomic E-state index is 11.0. The number of nitro benzene ring substituents is 1. The van der Waals surface area contributed by atoms with Gasteiger partial charge in [-0.15, -0.1) is 0 Å². The number of ether oxygens (including phenoxy) is 2. The Labute approximate surface area is 160 Å². The molecule has 0 fully saturated rings. The van der Waals surface area contributed by atoms with Crippen LogP contribution in [0.1, 0.15) is 0 Å². The Morgan fingerprint density at radius 3 is 2.32 bits per heavy atom. The molecule has 0 bridgehead atoms. The zero-order chi connectivity index (χ0) is 19.1. The van der Waals surface area contributed by atoms with Crippen LogP contribution in [0.5, 0.6) is 11.5 Å². The number of non-ortho nitro benzene ring substituents is 1. The van der Waals surface area contributed by atoms with E-state index in [-0.39, 0.29) is 12.5 Å². The van der Waals surface area contributed by atoms with Gasteiger partial charge in [-0.2, -0.15) is 0 Å². The molecule has 5 rings (SSSR count). The fourth-order valence-electron chi connectivity index (χ4n) is 3.46. The van der Waals surface area contributed by atoms with Crippen LogP contribution in [0.4, 0.5) is 5.69 Å². The summed E-state index contributed by atoms with van der Waals surface area (Å²) in [4.78, 5) is 15.3. The van der Waals surface area contributed by atoms with Gasteiger partial charge in [-0.25, -0.2) is 0 Å². The van der Waals surface area contributed by atoms with Crippen molar-refractivity contribution in [2.24, 2.45) is 0 Å². The van der Waals surface area contributed by atoms with Gasteiger partial charge < -0.3 is 9.47 Å². The van der Waals surface area contributed by atoms with Crippen molar-refractivity contribution in [3.05, 3.63) is 83.0 Å². The Morgan fingerprint density at radius 1 is 0.893 bits per heavy atom. The summed E-state index contributed by atoms with van der Waals surface area (Å²) in [6.07, 6.45) is 1.81. The van der Waals surface area contributed by atoms with Gasteiger partial charge in [0.05, 0.1) is 10.6 Å². The van der Waals surface area contributed by atoms with Crippen LogP contribution in [-0.4, -0.2) is 16.7 Å². The van der Waals surface area contributed by atoms with Crippen molar-refractivity contribution in [1.29, 1.82) is 0 Å². The minimum atomic E-state index is -0.401. The maximum absolute atomic E-state index is 11.0. The van der Waals surface area contributed by atoms with E-state index in [0.29, 0.717) is 11.5 Å². The summed E-state index contributed by atoms with van der Waals surface area (Å²) in [6, 6.07) is 20.3. The van der Waals surface area contributed by atoms with Gasteiger partial charge in [0.1, 0.15) is 0 Å². The number of benzene rings is 3. The topological polar surface area (TPSA) is 74.5 Å². The van der Waals surface area contributed by atoms with Crippen molar-refractivity contribution < 1.29 is 14.4 Å². The average molecular weight is 370 g/mol. The molecule has 0 saturated carbocycles. The van der Waals surface area contributed by atoms with Gasteiger partial charge in [-0.3, -0.25) is 15.1 Å². The molecule has 1 aromatic heterocycles. The molecule has 4 aromatic rings. The van der Waals surface area contributed by atoms with Crippen LogP contribution in [0.15, 0.2) is 72.9 Å². The molecule has 0 atom stereocenters. The van der Waals surface area contributed by atoms with E-state index in [1.807, 2.05) is 48.7 Å². The number of hydrogen-bond donors (Lipinski definition) is 0. The summed E-state index contributed by atoms with van der Waals surface area (Å²) in [6.45, 7) is 0.192. The van der Waals surface area contributed by atoms with E-state index in [0.717, 1.165) is 33.2 Å². The molecule has 3 aromatic carbocycles. The van der Waals surface area contributed by atoms with Crippen molar-refractivity contribution in [2.75, 3.05) is 6.79 Å². The van der Waals surface area contributed by atoms with Gasteiger partial charge in [0.2, 0.25) is 6.79 Å². The standard InChI is InChI=1S/C22H14N2O4/c25-24(26)17-8-6-14(7-9-17)21-18-11-20-19(27-13-28-20)10-16(18)12-23-22(21)15-4-2-1-3-5-15/h1-12H,13H2. The maximum Gasteiger partial charge on any atom is 0.269 e. The number of aromatic nitrogens is 1. The molecule has 0 saturated heterocycles. The number of fused-ring (bicyclic) bond motifs is 2. The Bertz CT molecular complexity index is 1200. The van der Waals surface area contributed by atoms with Gasteiger partial charge in [0, 0.05) is 34.8 Å². The lowest BCUT2D eigenvalue weighted by Crippen LogP contribution is -1.93. The predicted octanol–water partition coefficient (Wildman–Crippen LogP) is 5.21. The van der Waals surface area contributed by atoms with E-state index in [2.05, 4.69) is 0 Å². The molecule has 6 nitrogen and oxygen atoms in total. The quantitative estimate of drug-likeness (QED) is 0.366. The number of nitrogens with zero attached hydrogens (tertiary/aromatic N) is 2. The first-order chi connectivity index (χ1) is 13.7. The second-order valence-corrected chi connectivity index (χ2v) is 6.44. The third kappa shape index (κ3) is 2.63. The highest BCUT2D eigenvalue weighted by molar-refractivity contribution is 6.03. The van der Waals surface area contributed by atoms with Gasteiger partial charge in [0.15, 0.2) is 11.5 Å². The van der Waals surface area contributed by atoms with Crippen LogP contribution >= 0.6 is 0 Å². The van der Waals surface area contributed by atoms with E-state index in [4.69, 9.17) is 14.5 Å². The molecular formula is C22H14N2O4. The first-order valence-electron chi connectivity index (χ1n) is 8.73. The summed E-state index contributed by atoms with van der Waals surface area (Å²) in [5.41, 5.74) is 3.57. The number of nitro groups is 1. The fraction of sp³-hybridized carbons (Fsp3) is 0.0455. The van der Waals surface area contributed by atoms with Crippen molar-refractivity contribution in [3.63, 3.8) is 0 Å². The molecule has 0 amide bonds. The van der Waals surface area contributed by atoms with Crippen LogP contribution in [0.25, 0.3) is 33.2 Å². The highest BCUT2D eigenvalue weighted by Crippen LogP contribution is 2.42. The smallest absolute Gasteiger partial charge is 0.269 e. The van der Waals surface area contributed by atoms with Crippen molar-refractivity contribution in [1.82, 2.24) is 4.98 Å². The lowest BCUT2D eigenvalue weighted by atomic mass is 9.94. The van der Waals surface area contributed by atoms with Crippen LogP contribution in [0.2, 0.25) is 0 Å². The molecule has 2 heterocycles. The first kappa shape index (κ1) is 16.3. The lowest BCUT2D eigenvalue weighted by Gasteiger charge is -2.13. The number of hydrogen-bond acceptors (Lipinski definition) is 5. The predicted molar refractivity (Wildman–Crippen MR) is 105 cm³/mol. The van der Waals surface area contributed by atoms with E-state index in [1.165, 1.54) is 12.1 Å². The summed E-state index contributed by atoms with van der Waals surface area (Å²) < 4.78 is 11.0. The summed E-state index contributed by atoms with van der Waals surface area (Å²) in [7, 11) is 0. The molecule has 0 unspecified atom stereocenters. The van der Waals surface area contributed by atoms with E-state index in [1.54, 1.807) is 12.1 Å². The van der Waals surface area contributed by atoms with Crippen molar-refractivity contribution >= 4 is 16.5 Å². The van der Waals surface area contributed by atoms with Gasteiger partial charge in [-0.1, -0.05) is 30.3 Å². The van der Waals surface area contributed by atoms with Crippen LogP contribution < -0.4 is 9.47 Å². The third-order valence-electron chi connectivity index (χ3n) is 4.80. The first-order valence-corrected chi connectivity index (χ1v) is 8.73. The number of rotatable bonds is 3. The Hall–Kier alpha value is -3.93. The van der Waals surface area contributed by atoms with Gasteiger partial charge in [0.25, 0.3) is 5.69 Å². The molecule has 28 heavy (non-hydrogen) atoms. The molecule has 0 N–H and O–H groups in total. The summed E-state index contributed by atoms with van der Waals surface area (Å²) in [5, 5.41) is 12.9. The van der Waals surface area contributed by atoms with Gasteiger partial charge >= 0.3 is 0 Å². The molecule has 1 aliphatic rings. The van der Waals surface area contributed by atoms with Crippen molar-refractivity contribution in [3.8, 4) is 33.9 Å². The van der Waals surface area contributed by atoms with Crippen molar-refractivity contribution in [2.45, 2.75) is 0 Å². The van der Waals surface area contributed by atoms with Gasteiger partial charge in [-0.05, 0) is 35.2 Å². The summed E-state index contributed by atoms with van der Waals surface area (Å²) >= 11 is 0. The largest absolute Gasteiger partial charge is 0.454 e. The second kappa shape index (κ2) is 6.35. The molecule has 1 aliphatic heterocycles. The molecule has 0 radical (unpaired) electrons. The second-order valence-electron chi connectivity index (χ2n) is 6.44. The Morgan fingerprint density at radius 2 is 1.61 bits per heavy atom. The fourth-order valence-corrected chi connectivity index (χ4v) is 3.46. The average Bonchev–Trinajstić information content (AvgIpc) is 3.19. The van der Waals surface area contributed by atoms with Crippen LogP contribution in [0.3, 0.4) is 0 Å². The highest BCUT2D eigenvalue weighted by Gasteiger charge is 2.20. The molecule has 0 aliphatic carbocycles. The van der Waals surface area contributed by atoms with Crippen LogP contribution in [0, 0.1) is 10.1 Å². The van der Waals surface area contributed by atoms with E-state index >= 15 is 0 Å². The zero-order valence-electron chi connectivity index (χ0n) is 14.7. The monoisotopic (exact) mass is 370 g/mol. The minimum absolute atomic E-state index is 0.0517. The third-order valence-corrected chi connectivity index (χ3v) is 4.80. The lowest BCUT2D eigenvalue weighted by molar-refractivity contribution is -0.384. The SMILES string of the molecule is O=[N+]([O-])c1ccc(-c2c(-c3ccccc3)ncc3cc4c(cc23)OCO4)cc1. The number of pyridine rings is 1. The minimum Gasteiger partial charge on any atom is -0.454 e. The summed E-state index contributed by atoms with van der Waals surface area (Å²) in [5.74, 6) is 1.37. The Balaban J connectivity index is 1.81. The van der Waals surface area contributed by atoms with E-state index < -0.39 is 4.92 Å². The molecule has 0 spiro atoms. The Kier molecular flexibility index (Phi) is 3.69.